The van der Waals surface area contributed by atoms with Gasteiger partial charge in [0.05, 0.1) is 6.61 Å². The number of carbonyl (C=O) groups excluding carboxylic acids is 1. The van der Waals surface area contributed by atoms with Crippen LogP contribution < -0.4 is 21.0 Å². The number of rotatable bonds is 15. The van der Waals surface area contributed by atoms with Crippen LogP contribution in [0.25, 0.3) is 0 Å². The molecule has 0 amide bonds. The minimum absolute atomic E-state index is 0.192. The van der Waals surface area contributed by atoms with E-state index in [0.29, 0.717) is 10.1 Å². The number of aromatic nitrogens is 2. The van der Waals surface area contributed by atoms with Gasteiger partial charge in [-0.05, 0) is 30.7 Å². The van der Waals surface area contributed by atoms with E-state index >= 15 is 0 Å². The van der Waals surface area contributed by atoms with Crippen LogP contribution in [0.4, 0.5) is 14.6 Å². The van der Waals surface area contributed by atoms with Crippen molar-refractivity contribution in [2.75, 3.05) is 12.3 Å². The van der Waals surface area contributed by atoms with Crippen LogP contribution in [0.5, 0.6) is 5.75 Å². The number of anilines is 1. The molecule has 262 valence electrons. The van der Waals surface area contributed by atoms with Crippen LogP contribution in [0.1, 0.15) is 18.7 Å². The molecular weight excluding hydrogens is 711 g/mol. The molecule has 3 aromatic rings. The Labute approximate surface area is 270 Å². The van der Waals surface area contributed by atoms with E-state index in [2.05, 4.69) is 23.2 Å². The number of phosphoric acid groups is 2. The van der Waals surface area contributed by atoms with Crippen molar-refractivity contribution in [1.82, 2.24) is 14.6 Å². The number of halogens is 2. The first kappa shape index (κ1) is 37.4. The van der Waals surface area contributed by atoms with Gasteiger partial charge >= 0.3 is 41.0 Å². The number of nitrogens with two attached hydrogens (primary N) is 1. The second-order valence-corrected chi connectivity index (χ2v) is 14.8. The van der Waals surface area contributed by atoms with Gasteiger partial charge in [-0.15, -0.1) is 0 Å². The number of nitrogens with one attached hydrogen (secondary N) is 1. The number of nitrogens with zero attached hydrogens (tertiary/aromatic N) is 2. The average molecular weight is 740 g/mol. The largest absolute Gasteiger partial charge is 0.490 e. The highest BCUT2D eigenvalue weighted by Gasteiger charge is 2.60. The van der Waals surface area contributed by atoms with Crippen molar-refractivity contribution < 1.29 is 69.3 Å². The van der Waals surface area contributed by atoms with E-state index in [4.69, 9.17) is 19.7 Å². The third-order valence-corrected chi connectivity index (χ3v) is 11.2. The highest BCUT2D eigenvalue weighted by Crippen LogP contribution is 2.67. The van der Waals surface area contributed by atoms with Gasteiger partial charge in [0.25, 0.3) is 0 Å². The molecule has 6 N–H and O–H groups in total. The first-order valence-corrected chi connectivity index (χ1v) is 18.0. The third-order valence-electron chi connectivity index (χ3n) is 6.20. The summed E-state index contributed by atoms with van der Waals surface area (Å²) in [5.41, 5.74) is 4.68. The molecule has 1 fully saturated rings. The molecule has 2 aromatic carbocycles. The fraction of sp³-hybridized carbons (Fsp3) is 0.320. The number of nitrogen functional groups attached to an aromatic ring is 1. The smallest absolute Gasteiger partial charge is 0.460 e. The number of aliphatic hydroxyl groups is 1. The van der Waals surface area contributed by atoms with Gasteiger partial charge in [-0.25, -0.2) is 18.5 Å². The minimum Gasteiger partial charge on any atom is -0.460 e. The molecular formula is C25H29F2N4O14P3. The van der Waals surface area contributed by atoms with Crippen LogP contribution in [0.2, 0.25) is 0 Å². The normalized spacial score (nSPS) is 23.2. The molecule has 1 aromatic heterocycles. The summed E-state index contributed by atoms with van der Waals surface area (Å²) in [7, 11) is -16.9. The lowest BCUT2D eigenvalue weighted by molar-refractivity contribution is -0.146. The molecule has 1 saturated heterocycles. The summed E-state index contributed by atoms with van der Waals surface area (Å²) in [6.07, 6.45) is -6.47. The van der Waals surface area contributed by atoms with E-state index in [9.17, 15) is 47.0 Å². The number of carbonyl (C=O) groups is 1. The summed E-state index contributed by atoms with van der Waals surface area (Å²) in [6.45, 7) is -0.410. The van der Waals surface area contributed by atoms with Gasteiger partial charge in [-0.1, -0.05) is 48.5 Å². The molecule has 48 heavy (non-hydrogen) atoms. The number of phosphoric ester groups is 1. The molecule has 0 aliphatic carbocycles. The minimum atomic E-state index is -5.95. The molecule has 0 spiro atoms. The summed E-state index contributed by atoms with van der Waals surface area (Å²) < 4.78 is 97.4. The van der Waals surface area contributed by atoms with Crippen LogP contribution in [-0.4, -0.2) is 61.2 Å². The van der Waals surface area contributed by atoms with Crippen molar-refractivity contribution >= 4 is 35.2 Å². The number of aliphatic hydroxyl groups excluding tert-OH is 1. The Morgan fingerprint density at radius 3 is 2.31 bits per heavy atom. The Morgan fingerprint density at radius 2 is 1.69 bits per heavy atom. The number of hydrogen-bond donors (Lipinski definition) is 5. The lowest BCUT2D eigenvalue weighted by Crippen LogP contribution is -2.41. The Kier molecular flexibility index (Phi) is 11.7. The molecule has 1 aliphatic heterocycles. The second-order valence-electron chi connectivity index (χ2n) is 9.93. The zero-order chi connectivity index (χ0) is 35.3. The van der Waals surface area contributed by atoms with Crippen LogP contribution in [-0.2, 0) is 47.7 Å². The van der Waals surface area contributed by atoms with Crippen LogP contribution in [0.15, 0.2) is 77.7 Å². The maximum Gasteiger partial charge on any atom is 0.490 e. The SMILES string of the molecule is C[C@H](NP(=O)(Oc1ccccc1)OP(=O)(O)OP(=O)(O)OC[C@H]1O[C@@H](n2ccc(N)nc2=O)C(F)(F)[C@H]1O)C(=O)OCc1ccccc1. The number of para-hydroxylation sites is 1. The lowest BCUT2D eigenvalue weighted by atomic mass is 10.1. The summed E-state index contributed by atoms with van der Waals surface area (Å²) in [5, 5.41) is 12.2. The lowest BCUT2D eigenvalue weighted by Gasteiger charge is -2.25. The van der Waals surface area contributed by atoms with Gasteiger partial charge in [-0.3, -0.25) is 13.9 Å². The first-order chi connectivity index (χ1) is 22.4. The third kappa shape index (κ3) is 9.84. The van der Waals surface area contributed by atoms with Gasteiger partial charge in [0.2, 0.25) is 6.23 Å². The van der Waals surface area contributed by atoms with E-state index in [0.717, 1.165) is 19.2 Å². The van der Waals surface area contributed by atoms with Crippen molar-refractivity contribution in [2.45, 2.75) is 43.9 Å². The van der Waals surface area contributed by atoms with Crippen molar-refractivity contribution in [3.63, 3.8) is 0 Å². The van der Waals surface area contributed by atoms with Crippen molar-refractivity contribution in [3.05, 3.63) is 89.0 Å². The number of benzene rings is 2. The molecule has 0 saturated carbocycles. The van der Waals surface area contributed by atoms with Crippen LogP contribution >= 0.6 is 23.4 Å². The quantitative estimate of drug-likeness (QED) is 0.111. The van der Waals surface area contributed by atoms with Crippen molar-refractivity contribution in [1.29, 1.82) is 0 Å². The highest BCUT2D eigenvalue weighted by atomic mass is 31.3. The monoisotopic (exact) mass is 740 g/mol. The van der Waals surface area contributed by atoms with Crippen LogP contribution in [0.3, 0.4) is 0 Å². The molecule has 0 radical (unpaired) electrons. The number of esters is 1. The predicted octanol–water partition coefficient (Wildman–Crippen LogP) is 2.88. The fourth-order valence-corrected chi connectivity index (χ4v) is 8.41. The zero-order valence-corrected chi connectivity index (χ0v) is 27.2. The molecule has 7 atom stereocenters. The molecule has 18 nitrogen and oxygen atoms in total. The maximum atomic E-state index is 14.8. The first-order valence-electron chi connectivity index (χ1n) is 13.5. The van der Waals surface area contributed by atoms with E-state index in [1.54, 1.807) is 36.4 Å². The summed E-state index contributed by atoms with van der Waals surface area (Å²) >= 11 is 0. The van der Waals surface area contributed by atoms with Gasteiger partial charge in [0.15, 0.2) is 6.10 Å². The highest BCUT2D eigenvalue weighted by molar-refractivity contribution is 7.68. The van der Waals surface area contributed by atoms with Crippen molar-refractivity contribution in [2.24, 2.45) is 0 Å². The Bertz CT molecular complexity index is 1790. The summed E-state index contributed by atoms with van der Waals surface area (Å²) in [4.78, 5) is 48.2. The zero-order valence-electron chi connectivity index (χ0n) is 24.6. The number of ether oxygens (including phenoxy) is 2. The maximum absolute atomic E-state index is 14.8. The van der Waals surface area contributed by atoms with Crippen molar-refractivity contribution in [3.8, 4) is 5.75 Å². The second kappa shape index (κ2) is 15.0. The van der Waals surface area contributed by atoms with Gasteiger partial charge in [-0.2, -0.15) is 27.5 Å². The van der Waals surface area contributed by atoms with Gasteiger partial charge in [0.1, 0.15) is 30.3 Å². The predicted molar refractivity (Wildman–Crippen MR) is 159 cm³/mol. The molecule has 3 unspecified atom stereocenters. The summed E-state index contributed by atoms with van der Waals surface area (Å²) in [6, 6.07) is 14.8. The molecule has 2 heterocycles. The van der Waals surface area contributed by atoms with E-state index in [1.165, 1.54) is 24.3 Å². The molecule has 1 aliphatic rings. The van der Waals surface area contributed by atoms with Gasteiger partial charge < -0.3 is 34.6 Å². The van der Waals surface area contributed by atoms with Crippen LogP contribution in [0, 0.1) is 0 Å². The number of hydrogen-bond acceptors (Lipinski definition) is 14. The van der Waals surface area contributed by atoms with E-state index in [-0.39, 0.29) is 18.2 Å². The fourth-order valence-electron chi connectivity index (χ4n) is 4.01. The Balaban J connectivity index is 1.43. The van der Waals surface area contributed by atoms with E-state index in [1.807, 2.05) is 0 Å². The Hall–Kier alpha value is -3.38. The summed E-state index contributed by atoms with van der Waals surface area (Å²) in [5.74, 6) is -5.68. The molecule has 4 rings (SSSR count). The Morgan fingerprint density at radius 1 is 1.06 bits per heavy atom. The molecule has 23 heteroatoms. The number of alkyl halides is 2. The average Bonchev–Trinajstić information content (AvgIpc) is 3.22. The van der Waals surface area contributed by atoms with Gasteiger partial charge in [0, 0.05) is 6.20 Å². The topological polar surface area (TPSA) is 257 Å². The molecule has 0 bridgehead atoms. The van der Waals surface area contributed by atoms with E-state index < -0.39 is 72.1 Å². The standard InChI is InChI=1S/C25H29F2N4O14P3/c1-16(22(33)40-14-17-8-4-2-5-9-17)30-46(35,43-18-10-6-3-7-11-18)44-48(38,39)45-47(36,37)41-15-19-21(32)25(26,27)23(42-19)31-13-12-20(28)29-24(31)34/h2-13,16,19,21,23,32H,14-15H2,1H3,(H,30,35)(H,36,37)(H,38,39)(H2,28,29,34)/t16-,19+,21-,23+,46?/m0/s1.